The molecule has 0 saturated heterocycles. The van der Waals surface area contributed by atoms with Gasteiger partial charge in [-0.25, -0.2) is 0 Å². The Morgan fingerprint density at radius 2 is 2.14 bits per heavy atom. The number of alkyl halides is 2. The predicted octanol–water partition coefficient (Wildman–Crippen LogP) is 4.92. The molecule has 0 heterocycles. The molecule has 5 heteroatoms. The summed E-state index contributed by atoms with van der Waals surface area (Å²) in [6.45, 7) is -1.53. The van der Waals surface area contributed by atoms with Crippen molar-refractivity contribution in [1.29, 1.82) is 0 Å². The molecule has 0 fully saturated rings. The normalized spacial score (nSPS) is 15.1. The highest BCUT2D eigenvalue weighted by Gasteiger charge is 2.10. The lowest BCUT2D eigenvalue weighted by Gasteiger charge is -2.14. The zero-order valence-electron chi connectivity index (χ0n) is 11.9. The smallest absolute Gasteiger partial charge is 0.387 e. The van der Waals surface area contributed by atoms with Gasteiger partial charge < -0.3 is 10.1 Å². The molecule has 1 N–H and O–H groups in total. The highest BCUT2D eigenvalue weighted by atomic mass is 35.5. The van der Waals surface area contributed by atoms with Crippen molar-refractivity contribution in [3.63, 3.8) is 0 Å². The topological polar surface area (TPSA) is 21.3 Å². The average Bonchev–Trinajstić information content (AvgIpc) is 2.47. The van der Waals surface area contributed by atoms with Gasteiger partial charge in [0.1, 0.15) is 5.75 Å². The minimum atomic E-state index is -2.82. The monoisotopic (exact) mass is 315 g/mol. The first kappa shape index (κ1) is 16.2. The Balaban J connectivity index is 1.84. The molecular weight excluding hydrogens is 296 g/mol. The third kappa shape index (κ3) is 5.64. The number of nitrogens with one attached hydrogen (secondary N) is 1. The van der Waals surface area contributed by atoms with Gasteiger partial charge in [0.05, 0.1) is 0 Å². The number of benzene rings is 1. The van der Waals surface area contributed by atoms with Gasteiger partial charge in [0.25, 0.3) is 0 Å². The number of halogens is 3. The van der Waals surface area contributed by atoms with Crippen LogP contribution in [0, 0.1) is 0 Å². The Bertz CT molecular complexity index is 491. The van der Waals surface area contributed by atoms with E-state index in [0.717, 1.165) is 13.0 Å². The van der Waals surface area contributed by atoms with E-state index in [0.29, 0.717) is 17.1 Å². The van der Waals surface area contributed by atoms with Crippen LogP contribution >= 0.6 is 11.6 Å². The Morgan fingerprint density at radius 1 is 1.29 bits per heavy atom. The van der Waals surface area contributed by atoms with Crippen molar-refractivity contribution in [2.45, 2.75) is 45.3 Å². The van der Waals surface area contributed by atoms with Gasteiger partial charge in [-0.3, -0.25) is 0 Å². The van der Waals surface area contributed by atoms with Crippen molar-refractivity contribution in [3.8, 4) is 5.75 Å². The van der Waals surface area contributed by atoms with E-state index in [1.807, 2.05) is 0 Å². The Morgan fingerprint density at radius 3 is 2.86 bits per heavy atom. The molecule has 0 amide bonds. The van der Waals surface area contributed by atoms with Crippen LogP contribution in [0.1, 0.15) is 37.7 Å². The molecule has 0 aromatic heterocycles. The molecule has 0 bridgehead atoms. The molecule has 2 rings (SSSR count). The second-order valence-corrected chi connectivity index (χ2v) is 5.60. The summed E-state index contributed by atoms with van der Waals surface area (Å²) >= 11 is 5.91. The summed E-state index contributed by atoms with van der Waals surface area (Å²) in [5.41, 5.74) is 2.14. The van der Waals surface area contributed by atoms with Crippen LogP contribution in [0.15, 0.2) is 29.8 Å². The van der Waals surface area contributed by atoms with Crippen LogP contribution in [0.2, 0.25) is 5.02 Å². The summed E-state index contributed by atoms with van der Waals surface area (Å²) in [6.07, 6.45) is 8.23. The Kier molecular flexibility index (Phi) is 6.46. The van der Waals surface area contributed by atoms with Gasteiger partial charge in [-0.15, -0.1) is 0 Å². The van der Waals surface area contributed by atoms with Gasteiger partial charge in [0, 0.05) is 17.1 Å². The van der Waals surface area contributed by atoms with E-state index < -0.39 is 6.61 Å². The first-order chi connectivity index (χ1) is 10.1. The summed E-state index contributed by atoms with van der Waals surface area (Å²) < 4.78 is 29.2. The zero-order valence-corrected chi connectivity index (χ0v) is 12.6. The minimum absolute atomic E-state index is 0.179. The maximum Gasteiger partial charge on any atom is 0.387 e. The highest BCUT2D eigenvalue weighted by Crippen LogP contribution is 2.24. The molecule has 0 unspecified atom stereocenters. The molecule has 0 saturated carbocycles. The van der Waals surface area contributed by atoms with E-state index in [1.165, 1.54) is 37.3 Å². The molecule has 1 aliphatic rings. The van der Waals surface area contributed by atoms with Gasteiger partial charge in [-0.1, -0.05) is 23.3 Å². The van der Waals surface area contributed by atoms with E-state index in [2.05, 4.69) is 16.1 Å². The maximum absolute atomic E-state index is 12.3. The highest BCUT2D eigenvalue weighted by molar-refractivity contribution is 6.30. The van der Waals surface area contributed by atoms with Crippen LogP contribution < -0.4 is 10.1 Å². The summed E-state index contributed by atoms with van der Waals surface area (Å²) in [6, 6.07) is 4.69. The van der Waals surface area contributed by atoms with Crippen LogP contribution in [-0.2, 0) is 6.54 Å². The van der Waals surface area contributed by atoms with Crippen molar-refractivity contribution in [1.82, 2.24) is 5.32 Å². The molecular formula is C16H20ClF2NO. The molecule has 0 aliphatic heterocycles. The van der Waals surface area contributed by atoms with Crippen LogP contribution in [0.25, 0.3) is 0 Å². The van der Waals surface area contributed by atoms with Crippen molar-refractivity contribution < 1.29 is 13.5 Å². The van der Waals surface area contributed by atoms with Gasteiger partial charge in [0.15, 0.2) is 0 Å². The molecule has 116 valence electrons. The lowest BCUT2D eigenvalue weighted by Crippen LogP contribution is -2.17. The van der Waals surface area contributed by atoms with E-state index in [-0.39, 0.29) is 5.75 Å². The van der Waals surface area contributed by atoms with E-state index >= 15 is 0 Å². The number of hydrogen-bond acceptors (Lipinski definition) is 2. The largest absolute Gasteiger partial charge is 0.434 e. The van der Waals surface area contributed by atoms with Crippen molar-refractivity contribution >= 4 is 11.6 Å². The first-order valence-electron chi connectivity index (χ1n) is 7.27. The lowest BCUT2D eigenvalue weighted by molar-refractivity contribution is -0.0504. The van der Waals surface area contributed by atoms with Crippen LogP contribution in [0.4, 0.5) is 8.78 Å². The van der Waals surface area contributed by atoms with Gasteiger partial charge >= 0.3 is 6.61 Å². The van der Waals surface area contributed by atoms with Crippen LogP contribution in [0.3, 0.4) is 0 Å². The molecule has 1 aliphatic carbocycles. The second-order valence-electron chi connectivity index (χ2n) is 5.17. The molecule has 1 aromatic rings. The second kappa shape index (κ2) is 8.35. The van der Waals surface area contributed by atoms with E-state index in [9.17, 15) is 8.78 Å². The lowest BCUT2D eigenvalue weighted by atomic mass is 9.97. The molecule has 0 atom stereocenters. The molecule has 21 heavy (non-hydrogen) atoms. The molecule has 0 radical (unpaired) electrons. The van der Waals surface area contributed by atoms with Gasteiger partial charge in [-0.2, -0.15) is 8.78 Å². The molecule has 0 spiro atoms. The van der Waals surface area contributed by atoms with Crippen molar-refractivity contribution in [3.05, 3.63) is 40.4 Å². The quantitative estimate of drug-likeness (QED) is 0.569. The summed E-state index contributed by atoms with van der Waals surface area (Å²) in [5, 5.41) is 3.78. The fourth-order valence-corrected chi connectivity index (χ4v) is 2.70. The summed E-state index contributed by atoms with van der Waals surface area (Å²) in [7, 11) is 0. The number of ether oxygens (including phenoxy) is 1. The predicted molar refractivity (Wildman–Crippen MR) is 81.0 cm³/mol. The van der Waals surface area contributed by atoms with Gasteiger partial charge in [-0.05, 0) is 56.8 Å². The molecule has 2 nitrogen and oxygen atoms in total. The first-order valence-corrected chi connectivity index (χ1v) is 7.65. The average molecular weight is 316 g/mol. The van der Waals surface area contributed by atoms with Gasteiger partial charge in [0.2, 0.25) is 0 Å². The Hall–Kier alpha value is -1.13. The number of rotatable bonds is 7. The fraction of sp³-hybridized carbons (Fsp3) is 0.500. The third-order valence-corrected chi connectivity index (χ3v) is 3.80. The van der Waals surface area contributed by atoms with E-state index in [1.54, 1.807) is 12.1 Å². The Labute approximate surface area is 129 Å². The third-order valence-electron chi connectivity index (χ3n) is 3.56. The molecule has 1 aromatic carbocycles. The number of hydrogen-bond donors (Lipinski definition) is 1. The summed E-state index contributed by atoms with van der Waals surface area (Å²) in [4.78, 5) is 0. The van der Waals surface area contributed by atoms with Crippen LogP contribution in [-0.4, -0.2) is 13.2 Å². The number of allylic oxidation sites excluding steroid dienone is 1. The maximum atomic E-state index is 12.3. The fourth-order valence-electron chi connectivity index (χ4n) is 2.50. The van der Waals surface area contributed by atoms with Crippen molar-refractivity contribution in [2.24, 2.45) is 0 Å². The standard InChI is InChI=1S/C16H20ClF2NO/c17-14-6-7-15(21-16(18)19)13(10-14)11-20-9-8-12-4-2-1-3-5-12/h4,6-7,10,16,20H,1-3,5,8-9,11H2. The SMILES string of the molecule is FC(F)Oc1ccc(Cl)cc1CNCCC1=CCCCC1. The minimum Gasteiger partial charge on any atom is -0.434 e. The van der Waals surface area contributed by atoms with Crippen LogP contribution in [0.5, 0.6) is 5.75 Å². The van der Waals surface area contributed by atoms with E-state index in [4.69, 9.17) is 11.6 Å². The summed E-state index contributed by atoms with van der Waals surface area (Å²) in [5.74, 6) is 0.179. The van der Waals surface area contributed by atoms with Crippen molar-refractivity contribution in [2.75, 3.05) is 6.54 Å². The zero-order chi connectivity index (χ0) is 15.1.